The fraction of sp³-hybridized carbons (Fsp3) is 0.545. The van der Waals surface area contributed by atoms with Gasteiger partial charge in [-0.15, -0.1) is 0 Å². The maximum Gasteiger partial charge on any atom is 0.316 e. The van der Waals surface area contributed by atoms with Crippen LogP contribution in [0.4, 0.5) is 14.5 Å². The summed E-state index contributed by atoms with van der Waals surface area (Å²) in [6.45, 7) is 4.24. The van der Waals surface area contributed by atoms with E-state index in [0.29, 0.717) is 25.2 Å². The smallest absolute Gasteiger partial charge is 0.316 e. The van der Waals surface area contributed by atoms with Gasteiger partial charge in [-0.2, -0.15) is 14.1 Å². The Morgan fingerprint density at radius 3 is 2.36 bits per heavy atom. The van der Waals surface area contributed by atoms with E-state index in [1.165, 1.54) is 10.5 Å². The van der Waals surface area contributed by atoms with Gasteiger partial charge in [-0.05, 0) is 58.1 Å². The van der Waals surface area contributed by atoms with Gasteiger partial charge in [0.15, 0.2) is 0 Å². The van der Waals surface area contributed by atoms with Crippen LogP contribution in [-0.2, 0) is 10.0 Å². The SMILES string of the molecule is CC(C)S(=O)(=O)N1CCCN(c2cnn(-c3cc(F)cc(F)c3)c(=O)c2OC2CCCC2)C1. The lowest BCUT2D eigenvalue weighted by Gasteiger charge is -2.37. The molecule has 0 spiro atoms. The lowest BCUT2D eigenvalue weighted by molar-refractivity contribution is 0.205. The molecule has 8 nitrogen and oxygen atoms in total. The van der Waals surface area contributed by atoms with Crippen molar-refractivity contribution in [2.45, 2.75) is 57.3 Å². The van der Waals surface area contributed by atoms with Crippen molar-refractivity contribution in [3.8, 4) is 11.4 Å². The number of anilines is 1. The van der Waals surface area contributed by atoms with Gasteiger partial charge in [0.25, 0.3) is 0 Å². The molecular formula is C22H28F2N4O4S. The molecule has 0 atom stereocenters. The van der Waals surface area contributed by atoms with Crippen molar-refractivity contribution in [3.63, 3.8) is 0 Å². The zero-order chi connectivity index (χ0) is 23.8. The molecule has 1 aromatic carbocycles. The number of aromatic nitrogens is 2. The Balaban J connectivity index is 1.75. The summed E-state index contributed by atoms with van der Waals surface area (Å²) in [5.41, 5.74) is -0.320. The summed E-state index contributed by atoms with van der Waals surface area (Å²) in [4.78, 5) is 15.2. The van der Waals surface area contributed by atoms with Gasteiger partial charge in [-0.3, -0.25) is 4.79 Å². The lowest BCUT2D eigenvalue weighted by Crippen LogP contribution is -2.50. The highest BCUT2D eigenvalue weighted by Gasteiger charge is 2.32. The lowest BCUT2D eigenvalue weighted by atomic mass is 10.2. The van der Waals surface area contributed by atoms with Crippen LogP contribution in [0.1, 0.15) is 46.0 Å². The molecule has 1 saturated carbocycles. The Labute approximate surface area is 191 Å². The summed E-state index contributed by atoms with van der Waals surface area (Å²) in [5.74, 6) is -1.64. The van der Waals surface area contributed by atoms with E-state index in [1.807, 2.05) is 0 Å². The molecular weight excluding hydrogens is 454 g/mol. The average molecular weight is 483 g/mol. The van der Waals surface area contributed by atoms with Crippen LogP contribution in [0.3, 0.4) is 0 Å². The zero-order valence-corrected chi connectivity index (χ0v) is 19.5. The summed E-state index contributed by atoms with van der Waals surface area (Å²) in [7, 11) is -3.48. The minimum absolute atomic E-state index is 0.0189. The minimum Gasteiger partial charge on any atom is -0.483 e. The Bertz CT molecular complexity index is 1160. The van der Waals surface area contributed by atoms with Crippen molar-refractivity contribution in [2.75, 3.05) is 24.7 Å². The number of rotatable bonds is 6. The van der Waals surface area contributed by atoms with Crippen molar-refractivity contribution >= 4 is 15.7 Å². The first-order chi connectivity index (χ1) is 15.7. The molecule has 33 heavy (non-hydrogen) atoms. The van der Waals surface area contributed by atoms with Crippen LogP contribution in [0, 0.1) is 11.6 Å². The third-order valence-electron chi connectivity index (χ3n) is 6.05. The Morgan fingerprint density at radius 1 is 1.06 bits per heavy atom. The third-order valence-corrected chi connectivity index (χ3v) is 8.26. The third kappa shape index (κ3) is 4.89. The molecule has 1 aliphatic heterocycles. The predicted octanol–water partition coefficient (Wildman–Crippen LogP) is 3.04. The summed E-state index contributed by atoms with van der Waals surface area (Å²) >= 11 is 0. The van der Waals surface area contributed by atoms with Crippen LogP contribution in [0.2, 0.25) is 0 Å². The van der Waals surface area contributed by atoms with Crippen molar-refractivity contribution < 1.29 is 21.9 Å². The molecule has 1 aromatic heterocycles. The van der Waals surface area contributed by atoms with Gasteiger partial charge >= 0.3 is 5.56 Å². The molecule has 180 valence electrons. The van der Waals surface area contributed by atoms with Crippen LogP contribution in [0.5, 0.6) is 5.75 Å². The Morgan fingerprint density at radius 2 is 1.73 bits per heavy atom. The van der Waals surface area contributed by atoms with Gasteiger partial charge in [-0.25, -0.2) is 17.2 Å². The topological polar surface area (TPSA) is 84.7 Å². The van der Waals surface area contributed by atoms with Crippen LogP contribution < -0.4 is 15.2 Å². The Hall–Kier alpha value is -2.53. The van der Waals surface area contributed by atoms with E-state index in [1.54, 1.807) is 18.7 Å². The first kappa shape index (κ1) is 23.6. The van der Waals surface area contributed by atoms with Crippen molar-refractivity contribution in [1.29, 1.82) is 0 Å². The van der Waals surface area contributed by atoms with Crippen molar-refractivity contribution in [3.05, 3.63) is 46.4 Å². The summed E-state index contributed by atoms with van der Waals surface area (Å²) < 4.78 is 61.4. The molecule has 2 fully saturated rings. The van der Waals surface area contributed by atoms with Crippen LogP contribution in [0.15, 0.2) is 29.2 Å². The van der Waals surface area contributed by atoms with Gasteiger partial charge in [0.05, 0.1) is 29.9 Å². The molecule has 0 unspecified atom stereocenters. The number of ether oxygens (including phenoxy) is 1. The Kier molecular flexibility index (Phi) is 6.71. The second-order valence-corrected chi connectivity index (χ2v) is 11.2. The van der Waals surface area contributed by atoms with E-state index in [-0.39, 0.29) is 24.2 Å². The monoisotopic (exact) mass is 482 g/mol. The van der Waals surface area contributed by atoms with E-state index < -0.39 is 32.5 Å². The van der Waals surface area contributed by atoms with Crippen molar-refractivity contribution in [1.82, 2.24) is 14.1 Å². The highest BCUT2D eigenvalue weighted by molar-refractivity contribution is 7.89. The minimum atomic E-state index is -3.48. The maximum atomic E-state index is 13.8. The predicted molar refractivity (Wildman–Crippen MR) is 120 cm³/mol. The van der Waals surface area contributed by atoms with Gasteiger partial charge < -0.3 is 9.64 Å². The van der Waals surface area contributed by atoms with E-state index in [0.717, 1.165) is 48.6 Å². The quantitative estimate of drug-likeness (QED) is 0.629. The number of hydrogen-bond donors (Lipinski definition) is 0. The standard InChI is InChI=1S/C22H28F2N4O4S/c1-15(2)33(30,31)27-9-5-8-26(14-27)20-13-25-28(18-11-16(23)10-17(24)12-18)22(29)21(20)32-19-6-3-4-7-19/h10-13,15,19H,3-9,14H2,1-2H3. The molecule has 4 rings (SSSR count). The molecule has 2 aliphatic rings. The summed E-state index contributed by atoms with van der Waals surface area (Å²) in [5, 5.41) is 3.58. The maximum absolute atomic E-state index is 13.8. The van der Waals surface area contributed by atoms with Gasteiger partial charge in [0.1, 0.15) is 17.3 Å². The van der Waals surface area contributed by atoms with Gasteiger partial charge in [-0.1, -0.05) is 0 Å². The molecule has 0 radical (unpaired) electrons. The van der Waals surface area contributed by atoms with Crippen LogP contribution in [0.25, 0.3) is 5.69 Å². The second kappa shape index (κ2) is 9.38. The highest BCUT2D eigenvalue weighted by atomic mass is 32.2. The highest BCUT2D eigenvalue weighted by Crippen LogP contribution is 2.31. The molecule has 1 aliphatic carbocycles. The molecule has 0 amide bonds. The molecule has 1 saturated heterocycles. The van der Waals surface area contributed by atoms with Crippen LogP contribution >= 0.6 is 0 Å². The summed E-state index contributed by atoms with van der Waals surface area (Å²) in [6.07, 6.45) is 5.38. The van der Waals surface area contributed by atoms with E-state index in [4.69, 9.17) is 4.74 Å². The molecule has 11 heteroatoms. The number of hydrogen-bond acceptors (Lipinski definition) is 6. The number of nitrogens with zero attached hydrogens (tertiary/aromatic N) is 4. The fourth-order valence-electron chi connectivity index (χ4n) is 4.26. The molecule has 0 N–H and O–H groups in total. The fourth-order valence-corrected chi connectivity index (χ4v) is 5.54. The zero-order valence-electron chi connectivity index (χ0n) is 18.7. The van der Waals surface area contributed by atoms with Crippen LogP contribution in [-0.4, -0.2) is 53.6 Å². The average Bonchev–Trinajstić information content (AvgIpc) is 3.27. The normalized spacial score (nSPS) is 18.3. The van der Waals surface area contributed by atoms with Gasteiger partial charge in [0, 0.05) is 19.2 Å². The first-order valence-corrected chi connectivity index (χ1v) is 12.7. The number of halogens is 2. The van der Waals surface area contributed by atoms with E-state index >= 15 is 0 Å². The van der Waals surface area contributed by atoms with E-state index in [9.17, 15) is 22.0 Å². The van der Waals surface area contributed by atoms with E-state index in [2.05, 4.69) is 5.10 Å². The summed E-state index contributed by atoms with van der Waals surface area (Å²) in [6, 6.07) is 2.76. The molecule has 2 heterocycles. The largest absolute Gasteiger partial charge is 0.483 e. The van der Waals surface area contributed by atoms with Crippen molar-refractivity contribution in [2.24, 2.45) is 0 Å². The molecule has 0 bridgehead atoms. The van der Waals surface area contributed by atoms with Gasteiger partial charge in [0.2, 0.25) is 15.8 Å². The first-order valence-electron chi connectivity index (χ1n) is 11.2. The second-order valence-electron chi connectivity index (χ2n) is 8.76. The number of benzene rings is 1. The number of sulfonamides is 1. The molecule has 2 aromatic rings.